The number of imide groups is 1. The highest BCUT2D eigenvalue weighted by Gasteiger charge is 2.53. The number of thioether (sulfide) groups is 1. The van der Waals surface area contributed by atoms with Gasteiger partial charge in [0.2, 0.25) is 5.91 Å². The molecule has 4 amide bonds. The molecule has 1 saturated heterocycles. The average Bonchev–Trinajstić information content (AvgIpc) is 2.97. The molecule has 5 fully saturated rings. The van der Waals surface area contributed by atoms with E-state index in [-0.39, 0.29) is 16.4 Å². The lowest BCUT2D eigenvalue weighted by Gasteiger charge is -2.56. The Labute approximate surface area is 181 Å². The fraction of sp³-hybridized carbons (Fsp3) is 0.609. The van der Waals surface area contributed by atoms with Crippen LogP contribution in [0.5, 0.6) is 0 Å². The second-order valence-corrected chi connectivity index (χ2v) is 11.1. The van der Waals surface area contributed by atoms with Crippen LogP contribution in [0.1, 0.15) is 57.4 Å². The molecule has 6 nitrogen and oxygen atoms in total. The van der Waals surface area contributed by atoms with Crippen molar-refractivity contribution in [3.8, 4) is 0 Å². The van der Waals surface area contributed by atoms with E-state index in [1.807, 2.05) is 37.3 Å². The van der Waals surface area contributed by atoms with Crippen molar-refractivity contribution in [3.05, 3.63) is 35.9 Å². The molecule has 0 spiro atoms. The minimum Gasteiger partial charge on any atom is -0.318 e. The van der Waals surface area contributed by atoms with Gasteiger partial charge in [0.05, 0.1) is 5.75 Å². The molecule has 160 valence electrons. The van der Waals surface area contributed by atoms with E-state index in [4.69, 9.17) is 0 Å². The number of hydrazine groups is 1. The van der Waals surface area contributed by atoms with Crippen LogP contribution in [0.4, 0.5) is 4.79 Å². The molecule has 1 aromatic rings. The summed E-state index contributed by atoms with van der Waals surface area (Å²) < 4.78 is 0.223. The van der Waals surface area contributed by atoms with Gasteiger partial charge in [0.25, 0.3) is 5.91 Å². The fourth-order valence-corrected chi connectivity index (χ4v) is 8.18. The van der Waals surface area contributed by atoms with E-state index in [1.165, 1.54) is 38.5 Å². The van der Waals surface area contributed by atoms with E-state index in [2.05, 4.69) is 10.7 Å². The van der Waals surface area contributed by atoms with E-state index in [0.29, 0.717) is 6.42 Å². The number of urea groups is 1. The zero-order valence-corrected chi connectivity index (χ0v) is 18.2. The first-order valence-electron chi connectivity index (χ1n) is 11.1. The summed E-state index contributed by atoms with van der Waals surface area (Å²) in [5.74, 6) is 2.07. The third-order valence-electron chi connectivity index (χ3n) is 7.62. The van der Waals surface area contributed by atoms with Gasteiger partial charge in [0.15, 0.2) is 0 Å². The lowest BCUT2D eigenvalue weighted by atomic mass is 9.56. The molecule has 4 bridgehead atoms. The van der Waals surface area contributed by atoms with Gasteiger partial charge in [-0.15, -0.1) is 11.8 Å². The van der Waals surface area contributed by atoms with Crippen molar-refractivity contribution in [2.75, 3.05) is 5.75 Å². The normalized spacial score (nSPS) is 36.8. The Balaban J connectivity index is 1.24. The first-order chi connectivity index (χ1) is 14.4. The van der Waals surface area contributed by atoms with Crippen molar-refractivity contribution in [2.45, 2.75) is 62.2 Å². The molecule has 1 aliphatic heterocycles. The highest BCUT2D eigenvalue weighted by Crippen LogP contribution is 2.60. The van der Waals surface area contributed by atoms with E-state index in [9.17, 15) is 14.4 Å². The van der Waals surface area contributed by atoms with Crippen LogP contribution in [-0.4, -0.2) is 33.4 Å². The molecule has 2 N–H and O–H groups in total. The Kier molecular flexibility index (Phi) is 4.84. The number of nitrogens with one attached hydrogen (secondary N) is 2. The van der Waals surface area contributed by atoms with Gasteiger partial charge in [-0.1, -0.05) is 37.3 Å². The standard InChI is InChI=1S/C23H29N3O3S/c1-2-23(18-6-4-3-5-7-18)20(28)26(21(29)24-23)25-19(27)14-30-22-11-15-8-16(12-22)10-17(9-15)13-22/h3-7,15-17H,2,8-14H2,1H3,(H,24,29)(H,25,27)/t15?,16?,17?,22?,23-/m1/s1. The van der Waals surface area contributed by atoms with Crippen LogP contribution in [0.3, 0.4) is 0 Å². The van der Waals surface area contributed by atoms with Crippen LogP contribution in [0.25, 0.3) is 0 Å². The summed E-state index contributed by atoms with van der Waals surface area (Å²) in [6.07, 6.45) is 8.16. The number of hydrogen-bond donors (Lipinski definition) is 2. The Morgan fingerprint density at radius 1 is 1.10 bits per heavy atom. The Morgan fingerprint density at radius 3 is 2.27 bits per heavy atom. The van der Waals surface area contributed by atoms with E-state index in [0.717, 1.165) is 28.3 Å². The average molecular weight is 428 g/mol. The van der Waals surface area contributed by atoms with Crippen LogP contribution in [-0.2, 0) is 15.1 Å². The SMILES string of the molecule is CC[C@]1(c2ccccc2)NC(=O)N(NC(=O)CSC23CC4CC(CC(C4)C2)C3)C1=O. The summed E-state index contributed by atoms with van der Waals surface area (Å²) in [6, 6.07) is 8.64. The van der Waals surface area contributed by atoms with Gasteiger partial charge >= 0.3 is 6.03 Å². The molecular formula is C23H29N3O3S. The van der Waals surface area contributed by atoms with Gasteiger partial charge < -0.3 is 5.32 Å². The van der Waals surface area contributed by atoms with E-state index >= 15 is 0 Å². The molecule has 1 aromatic carbocycles. The van der Waals surface area contributed by atoms with E-state index in [1.54, 1.807) is 11.8 Å². The van der Waals surface area contributed by atoms with Crippen molar-refractivity contribution in [1.29, 1.82) is 0 Å². The zero-order valence-electron chi connectivity index (χ0n) is 17.4. The molecule has 4 aliphatic carbocycles. The summed E-state index contributed by atoms with van der Waals surface area (Å²) in [5.41, 5.74) is 2.18. The van der Waals surface area contributed by atoms with Gasteiger partial charge in [0.1, 0.15) is 5.54 Å². The molecule has 0 unspecified atom stereocenters. The quantitative estimate of drug-likeness (QED) is 0.680. The molecule has 7 heteroatoms. The highest BCUT2D eigenvalue weighted by molar-refractivity contribution is 8.01. The number of carbonyl (C=O) groups excluding carboxylic acids is 3. The smallest absolute Gasteiger partial charge is 0.318 e. The molecule has 5 aliphatic rings. The predicted molar refractivity (Wildman–Crippen MR) is 115 cm³/mol. The lowest BCUT2D eigenvalue weighted by Crippen LogP contribution is -2.51. The number of rotatable bonds is 6. The monoisotopic (exact) mass is 427 g/mol. The summed E-state index contributed by atoms with van der Waals surface area (Å²) in [5, 5.41) is 3.68. The topological polar surface area (TPSA) is 78.5 Å². The first kappa shape index (κ1) is 19.9. The predicted octanol–water partition coefficient (Wildman–Crippen LogP) is 3.58. The maximum Gasteiger partial charge on any atom is 0.344 e. The number of benzene rings is 1. The summed E-state index contributed by atoms with van der Waals surface area (Å²) in [6.45, 7) is 1.86. The third kappa shape index (κ3) is 3.22. The van der Waals surface area contributed by atoms with Gasteiger partial charge in [-0.3, -0.25) is 15.0 Å². The molecule has 0 aromatic heterocycles. The molecule has 1 atom stereocenters. The number of hydrogen-bond acceptors (Lipinski definition) is 4. The molecule has 4 saturated carbocycles. The molecular weight excluding hydrogens is 398 g/mol. The second kappa shape index (κ2) is 7.29. The van der Waals surface area contributed by atoms with Crippen LogP contribution >= 0.6 is 11.8 Å². The van der Waals surface area contributed by atoms with Gasteiger partial charge in [-0.25, -0.2) is 4.79 Å². The maximum atomic E-state index is 13.2. The fourth-order valence-electron chi connectivity index (χ4n) is 6.62. The summed E-state index contributed by atoms with van der Waals surface area (Å²) >= 11 is 1.75. The lowest BCUT2D eigenvalue weighted by molar-refractivity contribution is -0.138. The minimum atomic E-state index is -1.13. The van der Waals surface area contributed by atoms with Crippen LogP contribution < -0.4 is 10.7 Å². The van der Waals surface area contributed by atoms with Crippen molar-refractivity contribution < 1.29 is 14.4 Å². The van der Waals surface area contributed by atoms with Gasteiger partial charge in [-0.05, 0) is 68.3 Å². The van der Waals surface area contributed by atoms with Gasteiger partial charge in [0, 0.05) is 4.75 Å². The highest BCUT2D eigenvalue weighted by atomic mass is 32.2. The Morgan fingerprint density at radius 2 is 1.70 bits per heavy atom. The molecule has 30 heavy (non-hydrogen) atoms. The zero-order chi connectivity index (χ0) is 20.9. The van der Waals surface area contributed by atoms with E-state index < -0.39 is 17.5 Å². The largest absolute Gasteiger partial charge is 0.344 e. The number of carbonyl (C=O) groups is 3. The third-order valence-corrected chi connectivity index (χ3v) is 9.14. The first-order valence-corrected chi connectivity index (χ1v) is 12.1. The van der Waals surface area contributed by atoms with Crippen molar-refractivity contribution in [3.63, 3.8) is 0 Å². The Hall–Kier alpha value is -2.02. The summed E-state index contributed by atoms with van der Waals surface area (Å²) in [4.78, 5) is 38.4. The van der Waals surface area contributed by atoms with Crippen molar-refractivity contribution >= 4 is 29.6 Å². The van der Waals surface area contributed by atoms with Crippen molar-refractivity contribution in [1.82, 2.24) is 15.8 Å². The second-order valence-electron chi connectivity index (χ2n) is 9.62. The van der Waals surface area contributed by atoms with Crippen molar-refractivity contribution in [2.24, 2.45) is 17.8 Å². The van der Waals surface area contributed by atoms with Gasteiger partial charge in [-0.2, -0.15) is 5.01 Å². The molecule has 0 radical (unpaired) electrons. The number of amides is 4. The number of nitrogens with zero attached hydrogens (tertiary/aromatic N) is 1. The van der Waals surface area contributed by atoms with Crippen LogP contribution in [0, 0.1) is 17.8 Å². The summed E-state index contributed by atoms with van der Waals surface area (Å²) in [7, 11) is 0. The Bertz CT molecular complexity index is 838. The van der Waals surface area contributed by atoms with Crippen LogP contribution in [0.2, 0.25) is 0 Å². The molecule has 1 heterocycles. The maximum absolute atomic E-state index is 13.2. The molecule has 6 rings (SSSR count). The minimum absolute atomic E-state index is 0.223. The van der Waals surface area contributed by atoms with Crippen LogP contribution in [0.15, 0.2) is 30.3 Å².